The molecule has 0 radical (unpaired) electrons. The Labute approximate surface area is 90.6 Å². The first-order chi connectivity index (χ1) is 7.29. The normalized spacial score (nSPS) is 9.60. The van der Waals surface area contributed by atoms with Gasteiger partial charge in [-0.3, -0.25) is 4.98 Å². The molecule has 0 unspecified atom stereocenters. The van der Waals surface area contributed by atoms with Crippen molar-refractivity contribution in [3.05, 3.63) is 29.8 Å². The number of nitrogens with one attached hydrogen (secondary N) is 1. The van der Waals surface area contributed by atoms with Crippen LogP contribution in [0, 0.1) is 18.3 Å². The molecule has 74 valence electrons. The summed E-state index contributed by atoms with van der Waals surface area (Å²) in [7, 11) is 0. The van der Waals surface area contributed by atoms with Crippen molar-refractivity contribution in [1.82, 2.24) is 14.3 Å². The first-order valence-electron chi connectivity index (χ1n) is 4.21. The standard InChI is InChI=1S/C9H7N5S/c1-6-12-9(15-14-6)13-8-5-11-3-2-7(8)4-10/h2-3,5H,1H3,(H,12,13,14). The molecule has 0 saturated carbocycles. The number of hydrogen-bond donors (Lipinski definition) is 1. The molecule has 0 aliphatic rings. The van der Waals surface area contributed by atoms with E-state index in [9.17, 15) is 0 Å². The lowest BCUT2D eigenvalue weighted by Gasteiger charge is -2.01. The number of aromatic nitrogens is 3. The lowest BCUT2D eigenvalue weighted by molar-refractivity contribution is 1.16. The summed E-state index contributed by atoms with van der Waals surface area (Å²) in [5.41, 5.74) is 1.19. The van der Waals surface area contributed by atoms with Crippen LogP contribution in [0.4, 0.5) is 10.8 Å². The van der Waals surface area contributed by atoms with Crippen LogP contribution in [0.2, 0.25) is 0 Å². The van der Waals surface area contributed by atoms with Gasteiger partial charge < -0.3 is 5.32 Å². The Morgan fingerprint density at radius 2 is 2.40 bits per heavy atom. The molecule has 0 saturated heterocycles. The number of hydrogen-bond acceptors (Lipinski definition) is 6. The average Bonchev–Trinajstić information content (AvgIpc) is 2.65. The third kappa shape index (κ3) is 2.08. The Morgan fingerprint density at radius 1 is 1.53 bits per heavy atom. The van der Waals surface area contributed by atoms with E-state index in [1.165, 1.54) is 11.5 Å². The predicted octanol–water partition coefficient (Wildman–Crippen LogP) is 1.86. The molecule has 0 fully saturated rings. The molecule has 0 amide bonds. The van der Waals surface area contributed by atoms with Gasteiger partial charge in [0.1, 0.15) is 11.9 Å². The molecule has 2 heterocycles. The number of pyridine rings is 1. The van der Waals surface area contributed by atoms with Crippen molar-refractivity contribution < 1.29 is 0 Å². The highest BCUT2D eigenvalue weighted by Crippen LogP contribution is 2.20. The molecule has 0 aliphatic carbocycles. The topological polar surface area (TPSA) is 74.5 Å². The Bertz CT molecular complexity index is 513. The molecule has 2 aromatic heterocycles. The zero-order valence-corrected chi connectivity index (χ0v) is 8.75. The summed E-state index contributed by atoms with van der Waals surface area (Å²) in [5.74, 6) is 0.713. The first-order valence-corrected chi connectivity index (χ1v) is 4.98. The fourth-order valence-corrected chi connectivity index (χ4v) is 1.64. The molecular weight excluding hydrogens is 210 g/mol. The van der Waals surface area contributed by atoms with Crippen molar-refractivity contribution in [2.24, 2.45) is 0 Å². The largest absolute Gasteiger partial charge is 0.328 e. The minimum absolute atomic E-state index is 0.540. The Kier molecular flexibility index (Phi) is 2.56. The van der Waals surface area contributed by atoms with E-state index in [-0.39, 0.29) is 0 Å². The van der Waals surface area contributed by atoms with E-state index >= 15 is 0 Å². The minimum atomic E-state index is 0.540. The van der Waals surface area contributed by atoms with Gasteiger partial charge in [0.05, 0.1) is 17.4 Å². The van der Waals surface area contributed by atoms with E-state index in [1.807, 2.05) is 6.92 Å². The van der Waals surface area contributed by atoms with Gasteiger partial charge >= 0.3 is 0 Å². The van der Waals surface area contributed by atoms with Crippen LogP contribution < -0.4 is 5.32 Å². The maximum absolute atomic E-state index is 8.85. The smallest absolute Gasteiger partial charge is 0.207 e. The SMILES string of the molecule is Cc1nsc(Nc2cnccc2C#N)n1. The second-order valence-electron chi connectivity index (χ2n) is 2.80. The number of anilines is 2. The third-order valence-corrected chi connectivity index (χ3v) is 2.43. The van der Waals surface area contributed by atoms with Gasteiger partial charge in [0, 0.05) is 17.7 Å². The maximum atomic E-state index is 8.85. The van der Waals surface area contributed by atoms with Crippen molar-refractivity contribution in [2.45, 2.75) is 6.92 Å². The van der Waals surface area contributed by atoms with E-state index in [0.29, 0.717) is 22.2 Å². The van der Waals surface area contributed by atoms with Gasteiger partial charge in [0.2, 0.25) is 5.13 Å². The quantitative estimate of drug-likeness (QED) is 0.831. The van der Waals surface area contributed by atoms with Crippen LogP contribution in [-0.2, 0) is 0 Å². The number of rotatable bonds is 2. The van der Waals surface area contributed by atoms with Crippen LogP contribution in [-0.4, -0.2) is 14.3 Å². The molecule has 6 heteroatoms. The van der Waals surface area contributed by atoms with Crippen LogP contribution in [0.5, 0.6) is 0 Å². The van der Waals surface area contributed by atoms with Gasteiger partial charge in [-0.05, 0) is 13.0 Å². The lowest BCUT2D eigenvalue weighted by atomic mass is 10.2. The molecule has 0 aromatic carbocycles. The molecule has 2 aromatic rings. The van der Waals surface area contributed by atoms with Crippen LogP contribution in [0.25, 0.3) is 0 Å². The van der Waals surface area contributed by atoms with Crippen molar-refractivity contribution >= 4 is 22.4 Å². The minimum Gasteiger partial charge on any atom is -0.328 e. The highest BCUT2D eigenvalue weighted by atomic mass is 32.1. The molecule has 2 rings (SSSR count). The Morgan fingerprint density at radius 3 is 3.07 bits per heavy atom. The van der Waals surface area contributed by atoms with Gasteiger partial charge in [-0.25, -0.2) is 4.98 Å². The highest BCUT2D eigenvalue weighted by Gasteiger charge is 2.04. The third-order valence-electron chi connectivity index (χ3n) is 1.71. The molecule has 5 nitrogen and oxygen atoms in total. The molecular formula is C9H7N5S. The Balaban J connectivity index is 2.28. The van der Waals surface area contributed by atoms with Crippen molar-refractivity contribution in [1.29, 1.82) is 5.26 Å². The summed E-state index contributed by atoms with van der Waals surface area (Å²) in [6, 6.07) is 3.73. The average molecular weight is 217 g/mol. The highest BCUT2D eigenvalue weighted by molar-refractivity contribution is 7.09. The van der Waals surface area contributed by atoms with Crippen LogP contribution in [0.3, 0.4) is 0 Å². The second-order valence-corrected chi connectivity index (χ2v) is 3.56. The zero-order valence-electron chi connectivity index (χ0n) is 7.93. The van der Waals surface area contributed by atoms with Crippen LogP contribution in [0.1, 0.15) is 11.4 Å². The second kappa shape index (κ2) is 4.02. The van der Waals surface area contributed by atoms with Crippen LogP contribution >= 0.6 is 11.5 Å². The molecule has 0 aliphatic heterocycles. The summed E-state index contributed by atoms with van der Waals surface area (Å²) in [6.07, 6.45) is 3.17. The van der Waals surface area contributed by atoms with Gasteiger partial charge in [0.25, 0.3) is 0 Å². The Hall–Kier alpha value is -2.00. The van der Waals surface area contributed by atoms with Gasteiger partial charge in [-0.2, -0.15) is 9.64 Å². The first kappa shape index (κ1) is 9.55. The summed E-state index contributed by atoms with van der Waals surface area (Å²) in [4.78, 5) is 8.08. The molecule has 1 N–H and O–H groups in total. The maximum Gasteiger partial charge on any atom is 0.207 e. The fourth-order valence-electron chi connectivity index (χ4n) is 1.05. The van der Waals surface area contributed by atoms with Gasteiger partial charge in [-0.1, -0.05) is 0 Å². The summed E-state index contributed by atoms with van der Waals surface area (Å²) < 4.78 is 4.03. The summed E-state index contributed by atoms with van der Waals surface area (Å²) >= 11 is 1.25. The van der Waals surface area contributed by atoms with Crippen LogP contribution in [0.15, 0.2) is 18.5 Å². The molecule has 0 spiro atoms. The van der Waals surface area contributed by atoms with Crippen molar-refractivity contribution in [3.63, 3.8) is 0 Å². The zero-order chi connectivity index (χ0) is 10.7. The molecule has 0 bridgehead atoms. The van der Waals surface area contributed by atoms with Crippen molar-refractivity contribution in [2.75, 3.05) is 5.32 Å². The van der Waals surface area contributed by atoms with Gasteiger partial charge in [-0.15, -0.1) is 0 Å². The number of nitrogens with zero attached hydrogens (tertiary/aromatic N) is 4. The van der Waals surface area contributed by atoms with E-state index in [1.54, 1.807) is 18.5 Å². The van der Waals surface area contributed by atoms with Crippen molar-refractivity contribution in [3.8, 4) is 6.07 Å². The van der Waals surface area contributed by atoms with E-state index in [4.69, 9.17) is 5.26 Å². The fraction of sp³-hybridized carbons (Fsp3) is 0.111. The predicted molar refractivity (Wildman–Crippen MR) is 56.9 cm³/mol. The number of aryl methyl sites for hydroxylation is 1. The molecule has 0 atom stereocenters. The van der Waals surface area contributed by atoms with Gasteiger partial charge in [0.15, 0.2) is 0 Å². The monoisotopic (exact) mass is 217 g/mol. The summed E-state index contributed by atoms with van der Waals surface area (Å²) in [5, 5.41) is 12.5. The van der Waals surface area contributed by atoms with E-state index in [2.05, 4.69) is 25.7 Å². The molecule has 15 heavy (non-hydrogen) atoms. The van der Waals surface area contributed by atoms with E-state index < -0.39 is 0 Å². The van der Waals surface area contributed by atoms with E-state index in [0.717, 1.165) is 0 Å². The number of nitriles is 1. The lowest BCUT2D eigenvalue weighted by Crippen LogP contribution is -1.93. The summed E-state index contributed by atoms with van der Waals surface area (Å²) in [6.45, 7) is 1.82.